The highest BCUT2D eigenvalue weighted by molar-refractivity contribution is 6.39. The Morgan fingerprint density at radius 1 is 0.918 bits per heavy atom. The molecule has 0 radical (unpaired) electrons. The lowest BCUT2D eigenvalue weighted by Crippen LogP contribution is -2.25. The summed E-state index contributed by atoms with van der Waals surface area (Å²) < 4.78 is 5.70. The quantitative estimate of drug-likeness (QED) is 0.145. The van der Waals surface area contributed by atoms with E-state index < -0.39 is 0 Å². The molecule has 2 atom stereocenters. The van der Waals surface area contributed by atoms with Gasteiger partial charge in [-0.1, -0.05) is 83.7 Å². The molecular formula is C41H41Cl2N3O3. The van der Waals surface area contributed by atoms with E-state index in [0.717, 1.165) is 83.2 Å². The number of Topliss-reactive ketones (excluding diaryl/α,β-unsaturated/α-hetero) is 1. The summed E-state index contributed by atoms with van der Waals surface area (Å²) in [7, 11) is 1.64. The van der Waals surface area contributed by atoms with Crippen LogP contribution in [0.5, 0.6) is 5.88 Å². The minimum Gasteiger partial charge on any atom is -0.481 e. The molecule has 1 saturated heterocycles. The Balaban J connectivity index is 1.22. The zero-order valence-corrected chi connectivity index (χ0v) is 29.5. The van der Waals surface area contributed by atoms with E-state index >= 15 is 0 Å². The molecule has 3 aromatic carbocycles. The van der Waals surface area contributed by atoms with Gasteiger partial charge in [0, 0.05) is 65.2 Å². The number of ether oxygens (including phenoxy) is 1. The number of benzene rings is 3. The second kappa shape index (κ2) is 16.0. The molecule has 49 heavy (non-hydrogen) atoms. The minimum atomic E-state index is 0.144. The highest BCUT2D eigenvalue weighted by Gasteiger charge is 2.23. The van der Waals surface area contributed by atoms with Gasteiger partial charge in [0.05, 0.1) is 22.8 Å². The number of nitrogens with zero attached hydrogens (tertiary/aromatic N) is 1. The van der Waals surface area contributed by atoms with Crippen LogP contribution in [-0.4, -0.2) is 36.4 Å². The molecule has 2 aliphatic rings. The molecule has 8 heteroatoms. The van der Waals surface area contributed by atoms with Crippen molar-refractivity contribution in [1.29, 1.82) is 0 Å². The number of methoxy groups -OCH3 is 1. The lowest BCUT2D eigenvalue weighted by Gasteiger charge is -2.16. The van der Waals surface area contributed by atoms with Crippen molar-refractivity contribution < 1.29 is 14.3 Å². The molecule has 0 unspecified atom stereocenters. The summed E-state index contributed by atoms with van der Waals surface area (Å²) in [4.78, 5) is 28.1. The molecular weight excluding hydrogens is 653 g/mol. The van der Waals surface area contributed by atoms with Crippen LogP contribution in [0.25, 0.3) is 33.5 Å². The van der Waals surface area contributed by atoms with Crippen molar-refractivity contribution in [2.24, 2.45) is 5.92 Å². The number of amides is 1. The van der Waals surface area contributed by atoms with Crippen LogP contribution in [-0.2, 0) is 22.6 Å². The summed E-state index contributed by atoms with van der Waals surface area (Å²) in [5.41, 5.74) is 8.10. The minimum absolute atomic E-state index is 0.144. The maximum absolute atomic E-state index is 11.7. The molecule has 2 heterocycles. The molecule has 0 bridgehead atoms. The van der Waals surface area contributed by atoms with Crippen molar-refractivity contribution in [3.05, 3.63) is 93.5 Å². The Kier molecular flexibility index (Phi) is 11.4. The first-order valence-electron chi connectivity index (χ1n) is 17.0. The Morgan fingerprint density at radius 2 is 1.65 bits per heavy atom. The fourth-order valence-corrected chi connectivity index (χ4v) is 7.61. The Bertz CT molecular complexity index is 1930. The van der Waals surface area contributed by atoms with Crippen LogP contribution in [0.3, 0.4) is 0 Å². The number of pyridine rings is 1. The van der Waals surface area contributed by atoms with E-state index in [1.54, 1.807) is 7.11 Å². The molecule has 6 rings (SSSR count). The summed E-state index contributed by atoms with van der Waals surface area (Å²) >= 11 is 14.3. The SMILES string of the molecule is CC#Cc1cc(-c2cccc(-c3cccc(-c4ccc(CCC[C@@H]5CCC(=O)N5)c(OC)n4)c3Cl)c2Cl)ccc1CNC[C@@H]1CCC(=O)C1. The van der Waals surface area contributed by atoms with E-state index in [1.807, 2.05) is 49.4 Å². The zero-order chi connectivity index (χ0) is 34.3. The number of ketones is 1. The number of hydrogen-bond acceptors (Lipinski definition) is 5. The predicted molar refractivity (Wildman–Crippen MR) is 198 cm³/mol. The van der Waals surface area contributed by atoms with Crippen LogP contribution in [0.15, 0.2) is 66.7 Å². The van der Waals surface area contributed by atoms with Crippen LogP contribution in [0, 0.1) is 17.8 Å². The van der Waals surface area contributed by atoms with Gasteiger partial charge in [-0.3, -0.25) is 9.59 Å². The van der Waals surface area contributed by atoms with Crippen molar-refractivity contribution >= 4 is 34.9 Å². The summed E-state index contributed by atoms with van der Waals surface area (Å²) in [5.74, 6) is 7.83. The standard InChI is InChI=1S/C41H41Cl2N3O3/c1-3-7-28-23-29(15-16-30(28)25-44-24-26-14-19-32(47)22-26)33-10-5-11-34(39(33)42)35-12-6-13-36(40(35)43)37-20-17-27(41(46-37)49-2)8-4-9-31-18-21-38(48)45-31/h5-6,10-13,15-17,20,23,26,31,44H,4,8-9,14,18-19,21-22,24-25H2,1-2H3,(H,45,48)/t26-,31-/m1/s1. The van der Waals surface area contributed by atoms with E-state index in [4.69, 9.17) is 32.9 Å². The van der Waals surface area contributed by atoms with Gasteiger partial charge in [-0.05, 0) is 74.8 Å². The molecule has 2 N–H and O–H groups in total. The average molecular weight is 695 g/mol. The molecule has 1 aromatic heterocycles. The first kappa shape index (κ1) is 34.7. The van der Waals surface area contributed by atoms with Crippen LogP contribution in [0.1, 0.15) is 68.6 Å². The first-order chi connectivity index (χ1) is 23.8. The third-order valence-electron chi connectivity index (χ3n) is 9.56. The average Bonchev–Trinajstić information content (AvgIpc) is 3.72. The molecule has 0 spiro atoms. The van der Waals surface area contributed by atoms with Gasteiger partial charge in [0.2, 0.25) is 11.8 Å². The summed E-state index contributed by atoms with van der Waals surface area (Å²) in [5, 5.41) is 7.74. The predicted octanol–water partition coefficient (Wildman–Crippen LogP) is 8.83. The monoisotopic (exact) mass is 693 g/mol. The number of aromatic nitrogens is 1. The smallest absolute Gasteiger partial charge is 0.220 e. The van der Waals surface area contributed by atoms with Crippen molar-refractivity contribution in [3.8, 4) is 51.2 Å². The van der Waals surface area contributed by atoms with E-state index in [9.17, 15) is 9.59 Å². The lowest BCUT2D eigenvalue weighted by atomic mass is 9.94. The number of aryl methyl sites for hydroxylation is 1. The van der Waals surface area contributed by atoms with E-state index in [1.165, 1.54) is 0 Å². The topological polar surface area (TPSA) is 80.3 Å². The van der Waals surface area contributed by atoms with Crippen LogP contribution in [0.4, 0.5) is 0 Å². The first-order valence-corrected chi connectivity index (χ1v) is 17.8. The van der Waals surface area contributed by atoms with E-state index in [-0.39, 0.29) is 11.9 Å². The largest absolute Gasteiger partial charge is 0.481 e. The molecule has 1 amide bonds. The molecule has 2 fully saturated rings. The summed E-state index contributed by atoms with van der Waals surface area (Å²) in [6.07, 6.45) is 6.54. The second-order valence-corrected chi connectivity index (χ2v) is 13.7. The van der Waals surface area contributed by atoms with Crippen LogP contribution < -0.4 is 15.4 Å². The van der Waals surface area contributed by atoms with Crippen LogP contribution >= 0.6 is 23.2 Å². The fraction of sp³-hybridized carbons (Fsp3) is 0.341. The number of hydrogen-bond donors (Lipinski definition) is 2. The maximum Gasteiger partial charge on any atom is 0.220 e. The van der Waals surface area contributed by atoms with Gasteiger partial charge in [0.1, 0.15) is 5.78 Å². The molecule has 1 saturated carbocycles. The third kappa shape index (κ3) is 8.19. The maximum atomic E-state index is 11.7. The highest BCUT2D eigenvalue weighted by Crippen LogP contribution is 2.42. The molecule has 4 aromatic rings. The Hall–Kier alpha value is -4.15. The van der Waals surface area contributed by atoms with Crippen molar-refractivity contribution in [2.45, 2.75) is 70.9 Å². The van der Waals surface area contributed by atoms with Gasteiger partial charge in [-0.25, -0.2) is 4.98 Å². The number of nitrogens with one attached hydrogen (secondary N) is 2. The zero-order valence-electron chi connectivity index (χ0n) is 28.0. The third-order valence-corrected chi connectivity index (χ3v) is 10.4. The Labute approximate surface area is 299 Å². The molecule has 6 nitrogen and oxygen atoms in total. The Morgan fingerprint density at radius 3 is 2.35 bits per heavy atom. The fourth-order valence-electron chi connectivity index (χ4n) is 6.95. The van der Waals surface area contributed by atoms with Crippen LogP contribution in [0.2, 0.25) is 10.0 Å². The van der Waals surface area contributed by atoms with E-state index in [2.05, 4.69) is 46.7 Å². The van der Waals surface area contributed by atoms with Gasteiger partial charge in [-0.2, -0.15) is 0 Å². The molecule has 1 aliphatic carbocycles. The second-order valence-electron chi connectivity index (χ2n) is 12.9. The van der Waals surface area contributed by atoms with Gasteiger partial charge >= 0.3 is 0 Å². The van der Waals surface area contributed by atoms with Gasteiger partial charge in [-0.15, -0.1) is 5.92 Å². The summed E-state index contributed by atoms with van der Waals surface area (Å²) in [6, 6.07) is 22.5. The number of halogens is 2. The summed E-state index contributed by atoms with van der Waals surface area (Å²) in [6.45, 7) is 3.35. The highest BCUT2D eigenvalue weighted by atomic mass is 35.5. The van der Waals surface area contributed by atoms with Gasteiger partial charge < -0.3 is 15.4 Å². The number of carbonyl (C=O) groups is 2. The molecule has 1 aliphatic heterocycles. The number of rotatable bonds is 12. The van der Waals surface area contributed by atoms with Crippen molar-refractivity contribution in [1.82, 2.24) is 15.6 Å². The number of carbonyl (C=O) groups excluding carboxylic acids is 2. The lowest BCUT2D eigenvalue weighted by molar-refractivity contribution is -0.119. The normalized spacial score (nSPS) is 17.1. The van der Waals surface area contributed by atoms with Crippen molar-refractivity contribution in [3.63, 3.8) is 0 Å². The van der Waals surface area contributed by atoms with Gasteiger partial charge in [0.15, 0.2) is 0 Å². The van der Waals surface area contributed by atoms with Gasteiger partial charge in [0.25, 0.3) is 0 Å². The molecule has 252 valence electrons. The van der Waals surface area contributed by atoms with Crippen molar-refractivity contribution in [2.75, 3.05) is 13.7 Å². The van der Waals surface area contributed by atoms with E-state index in [0.29, 0.717) is 59.1 Å².